The first-order valence-electron chi connectivity index (χ1n) is 5.81. The van der Waals surface area contributed by atoms with Gasteiger partial charge in [-0.25, -0.2) is 0 Å². The van der Waals surface area contributed by atoms with Crippen molar-refractivity contribution in [1.29, 1.82) is 0 Å². The summed E-state index contributed by atoms with van der Waals surface area (Å²) in [4.78, 5) is 25.2. The molecule has 1 unspecified atom stereocenters. The molecule has 0 bridgehead atoms. The van der Waals surface area contributed by atoms with Crippen LogP contribution in [0.25, 0.3) is 0 Å². The summed E-state index contributed by atoms with van der Waals surface area (Å²) in [5.41, 5.74) is 0. The molecular formula is C12H16N2O3. The van der Waals surface area contributed by atoms with Crippen LogP contribution in [-0.2, 0) is 16.1 Å². The van der Waals surface area contributed by atoms with Gasteiger partial charge in [0.25, 0.3) is 0 Å². The van der Waals surface area contributed by atoms with E-state index in [-0.39, 0.29) is 11.8 Å². The molecule has 0 spiro atoms. The van der Waals surface area contributed by atoms with E-state index in [1.807, 2.05) is 13.0 Å². The van der Waals surface area contributed by atoms with Gasteiger partial charge in [-0.05, 0) is 18.6 Å². The molecule has 1 N–H and O–H groups in total. The lowest BCUT2D eigenvalue weighted by molar-refractivity contribution is -0.134. The molecule has 92 valence electrons. The molecule has 0 aromatic carbocycles. The Labute approximate surface area is 99.8 Å². The number of carbonyl (C=O) groups is 2. The van der Waals surface area contributed by atoms with Gasteiger partial charge in [0.1, 0.15) is 11.8 Å². The fourth-order valence-electron chi connectivity index (χ4n) is 1.92. The van der Waals surface area contributed by atoms with Crippen molar-refractivity contribution in [2.45, 2.75) is 32.4 Å². The largest absolute Gasteiger partial charge is 0.467 e. The molecule has 1 aromatic rings. The molecule has 1 atom stereocenters. The lowest BCUT2D eigenvalue weighted by Gasteiger charge is -2.22. The third-order valence-electron chi connectivity index (χ3n) is 2.89. The molecule has 0 saturated carbocycles. The average Bonchev–Trinajstić information content (AvgIpc) is 2.78. The Kier molecular flexibility index (Phi) is 3.46. The summed E-state index contributed by atoms with van der Waals surface area (Å²) >= 11 is 0. The first-order chi connectivity index (χ1) is 8.20. The zero-order chi connectivity index (χ0) is 12.3. The van der Waals surface area contributed by atoms with E-state index in [1.165, 1.54) is 0 Å². The molecule has 2 heterocycles. The maximum atomic E-state index is 12.1. The maximum absolute atomic E-state index is 12.1. The standard InChI is InChI=1S/C12H16N2O3/c1-2-10-12(16)14(6-5-11(15)13-10)8-9-4-3-7-17-9/h3-4,7,10H,2,5-6,8H2,1H3,(H,13,15). The number of hydrogen-bond donors (Lipinski definition) is 1. The second-order valence-electron chi connectivity index (χ2n) is 4.12. The van der Waals surface area contributed by atoms with Crippen LogP contribution in [0.5, 0.6) is 0 Å². The summed E-state index contributed by atoms with van der Waals surface area (Å²) in [6, 6.07) is 3.21. The van der Waals surface area contributed by atoms with Crippen LogP contribution >= 0.6 is 0 Å². The number of hydrogen-bond acceptors (Lipinski definition) is 3. The number of nitrogens with one attached hydrogen (secondary N) is 1. The summed E-state index contributed by atoms with van der Waals surface area (Å²) in [6.45, 7) is 2.76. The van der Waals surface area contributed by atoms with Gasteiger partial charge in [-0.2, -0.15) is 0 Å². The Bertz CT molecular complexity index is 400. The van der Waals surface area contributed by atoms with Gasteiger partial charge in [-0.15, -0.1) is 0 Å². The van der Waals surface area contributed by atoms with Crippen LogP contribution in [0.1, 0.15) is 25.5 Å². The third kappa shape index (κ3) is 2.67. The van der Waals surface area contributed by atoms with Gasteiger partial charge in [0.05, 0.1) is 12.8 Å². The highest BCUT2D eigenvalue weighted by molar-refractivity contribution is 5.89. The van der Waals surface area contributed by atoms with Gasteiger partial charge in [-0.3, -0.25) is 9.59 Å². The molecule has 2 rings (SSSR count). The molecule has 5 nitrogen and oxygen atoms in total. The second kappa shape index (κ2) is 5.03. The third-order valence-corrected chi connectivity index (χ3v) is 2.89. The first-order valence-corrected chi connectivity index (χ1v) is 5.81. The zero-order valence-corrected chi connectivity index (χ0v) is 9.81. The number of rotatable bonds is 3. The van der Waals surface area contributed by atoms with Gasteiger partial charge < -0.3 is 14.6 Å². The fourth-order valence-corrected chi connectivity index (χ4v) is 1.92. The predicted molar refractivity (Wildman–Crippen MR) is 61.0 cm³/mol. The molecule has 17 heavy (non-hydrogen) atoms. The molecule has 0 aliphatic carbocycles. The Balaban J connectivity index is 2.09. The van der Waals surface area contributed by atoms with Crippen molar-refractivity contribution in [3.8, 4) is 0 Å². The van der Waals surface area contributed by atoms with Crippen molar-refractivity contribution in [1.82, 2.24) is 10.2 Å². The molecular weight excluding hydrogens is 220 g/mol. The summed E-state index contributed by atoms with van der Waals surface area (Å²) in [5, 5.41) is 2.73. The van der Waals surface area contributed by atoms with Crippen LogP contribution in [0.2, 0.25) is 0 Å². The molecule has 1 fully saturated rings. The van der Waals surface area contributed by atoms with E-state index in [0.717, 1.165) is 5.76 Å². The average molecular weight is 236 g/mol. The van der Waals surface area contributed by atoms with E-state index >= 15 is 0 Å². The molecule has 1 aliphatic rings. The Morgan fingerprint density at radius 2 is 2.35 bits per heavy atom. The van der Waals surface area contributed by atoms with E-state index < -0.39 is 6.04 Å². The van der Waals surface area contributed by atoms with Gasteiger partial charge in [0, 0.05) is 13.0 Å². The lowest BCUT2D eigenvalue weighted by atomic mass is 10.2. The Morgan fingerprint density at radius 3 is 3.00 bits per heavy atom. The van der Waals surface area contributed by atoms with Gasteiger partial charge in [-0.1, -0.05) is 6.92 Å². The molecule has 5 heteroatoms. The number of nitrogens with zero attached hydrogens (tertiary/aromatic N) is 1. The smallest absolute Gasteiger partial charge is 0.245 e. The topological polar surface area (TPSA) is 62.6 Å². The number of amides is 2. The van der Waals surface area contributed by atoms with E-state index in [4.69, 9.17) is 4.42 Å². The highest BCUT2D eigenvalue weighted by Crippen LogP contribution is 2.11. The zero-order valence-electron chi connectivity index (χ0n) is 9.81. The van der Waals surface area contributed by atoms with Crippen molar-refractivity contribution in [2.24, 2.45) is 0 Å². The minimum atomic E-state index is -0.403. The number of furan rings is 1. The molecule has 2 amide bonds. The van der Waals surface area contributed by atoms with Crippen molar-refractivity contribution in [2.75, 3.05) is 6.54 Å². The van der Waals surface area contributed by atoms with E-state index in [2.05, 4.69) is 5.32 Å². The highest BCUT2D eigenvalue weighted by atomic mass is 16.3. The van der Waals surface area contributed by atoms with Crippen LogP contribution in [-0.4, -0.2) is 29.3 Å². The van der Waals surface area contributed by atoms with E-state index in [0.29, 0.717) is 25.9 Å². The van der Waals surface area contributed by atoms with Crippen molar-refractivity contribution in [3.63, 3.8) is 0 Å². The minimum absolute atomic E-state index is 0.0326. The highest BCUT2D eigenvalue weighted by Gasteiger charge is 2.28. The summed E-state index contributed by atoms with van der Waals surface area (Å²) in [5.74, 6) is 0.643. The fraction of sp³-hybridized carbons (Fsp3) is 0.500. The maximum Gasteiger partial charge on any atom is 0.245 e. The first kappa shape index (κ1) is 11.7. The Hall–Kier alpha value is -1.78. The summed E-state index contributed by atoms with van der Waals surface area (Å²) < 4.78 is 5.22. The molecule has 1 aliphatic heterocycles. The number of carbonyl (C=O) groups excluding carboxylic acids is 2. The van der Waals surface area contributed by atoms with Crippen LogP contribution in [0.4, 0.5) is 0 Å². The van der Waals surface area contributed by atoms with Crippen molar-refractivity contribution >= 4 is 11.8 Å². The van der Waals surface area contributed by atoms with Crippen LogP contribution in [0, 0.1) is 0 Å². The van der Waals surface area contributed by atoms with Crippen LogP contribution in [0.3, 0.4) is 0 Å². The van der Waals surface area contributed by atoms with Gasteiger partial charge >= 0.3 is 0 Å². The van der Waals surface area contributed by atoms with Gasteiger partial charge in [0.15, 0.2) is 0 Å². The Morgan fingerprint density at radius 1 is 1.53 bits per heavy atom. The lowest BCUT2D eigenvalue weighted by Crippen LogP contribution is -2.43. The molecule has 0 radical (unpaired) electrons. The second-order valence-corrected chi connectivity index (χ2v) is 4.12. The molecule has 1 saturated heterocycles. The quantitative estimate of drug-likeness (QED) is 0.848. The van der Waals surface area contributed by atoms with Crippen LogP contribution in [0.15, 0.2) is 22.8 Å². The SMILES string of the molecule is CCC1NC(=O)CCN(Cc2ccco2)C1=O. The normalized spacial score (nSPS) is 21.2. The monoisotopic (exact) mass is 236 g/mol. The minimum Gasteiger partial charge on any atom is -0.467 e. The van der Waals surface area contributed by atoms with E-state index in [1.54, 1.807) is 17.2 Å². The summed E-state index contributed by atoms with van der Waals surface area (Å²) in [6.07, 6.45) is 2.54. The van der Waals surface area contributed by atoms with Gasteiger partial charge in [0.2, 0.25) is 11.8 Å². The van der Waals surface area contributed by atoms with E-state index in [9.17, 15) is 9.59 Å². The van der Waals surface area contributed by atoms with Crippen molar-refractivity contribution < 1.29 is 14.0 Å². The predicted octanol–water partition coefficient (Wildman–Crippen LogP) is 0.907. The van der Waals surface area contributed by atoms with Crippen molar-refractivity contribution in [3.05, 3.63) is 24.2 Å². The molecule has 1 aromatic heterocycles. The van der Waals surface area contributed by atoms with Crippen LogP contribution < -0.4 is 5.32 Å². The summed E-state index contributed by atoms with van der Waals surface area (Å²) in [7, 11) is 0.